The van der Waals surface area contributed by atoms with Crippen LogP contribution < -0.4 is 5.32 Å². The Bertz CT molecular complexity index is 345. The van der Waals surface area contributed by atoms with E-state index in [0.717, 1.165) is 30.9 Å². The van der Waals surface area contributed by atoms with Crippen LogP contribution in [-0.4, -0.2) is 19.4 Å². The van der Waals surface area contributed by atoms with Crippen LogP contribution in [0.2, 0.25) is 5.02 Å². The molecule has 2 rings (SSSR count). The molecule has 1 atom stereocenters. The van der Waals surface area contributed by atoms with Gasteiger partial charge in [0.2, 0.25) is 0 Å². The second kappa shape index (κ2) is 5.46. The summed E-state index contributed by atoms with van der Waals surface area (Å²) in [4.78, 5) is 11.0. The first-order chi connectivity index (χ1) is 7.79. The Morgan fingerprint density at radius 2 is 2.06 bits per heavy atom. The lowest BCUT2D eigenvalue weighted by Crippen LogP contribution is -2.24. The second-order valence-corrected chi connectivity index (χ2v) is 4.83. The average Bonchev–Trinajstić information content (AvgIpc) is 3.10. The fourth-order valence-electron chi connectivity index (χ4n) is 1.72. The van der Waals surface area contributed by atoms with Crippen LogP contribution in [0.4, 0.5) is 0 Å². The lowest BCUT2D eigenvalue weighted by Gasteiger charge is -2.11. The highest BCUT2D eigenvalue weighted by Crippen LogP contribution is 2.27. The standard InChI is InChI=1S/C13H16ClNO/c14-13-5-3-11(4-6-13)12(9-16)8-15-7-10-1-2-10/h3-6,9-10,12,15H,1-2,7-8H2. The molecule has 3 heteroatoms. The summed E-state index contributed by atoms with van der Waals surface area (Å²) in [5.74, 6) is 0.786. The minimum absolute atomic E-state index is 0.0592. The maximum atomic E-state index is 11.0. The van der Waals surface area contributed by atoms with Gasteiger partial charge in [0.1, 0.15) is 6.29 Å². The summed E-state index contributed by atoms with van der Waals surface area (Å²) >= 11 is 5.81. The first-order valence-electron chi connectivity index (χ1n) is 5.71. The predicted molar refractivity (Wildman–Crippen MR) is 65.9 cm³/mol. The summed E-state index contributed by atoms with van der Waals surface area (Å²) < 4.78 is 0. The number of carbonyl (C=O) groups excluding carboxylic acids is 1. The molecule has 0 aliphatic heterocycles. The number of benzene rings is 1. The number of halogens is 1. The number of nitrogens with one attached hydrogen (secondary N) is 1. The van der Waals surface area contributed by atoms with Crippen molar-refractivity contribution in [3.05, 3.63) is 34.9 Å². The van der Waals surface area contributed by atoms with Gasteiger partial charge in [-0.1, -0.05) is 23.7 Å². The molecule has 1 aliphatic rings. The molecular weight excluding hydrogens is 222 g/mol. The zero-order valence-electron chi connectivity index (χ0n) is 9.16. The Morgan fingerprint density at radius 1 is 1.38 bits per heavy atom. The largest absolute Gasteiger partial charge is 0.315 e. The van der Waals surface area contributed by atoms with E-state index in [1.54, 1.807) is 0 Å². The molecule has 86 valence electrons. The van der Waals surface area contributed by atoms with Gasteiger partial charge in [-0.3, -0.25) is 0 Å². The van der Waals surface area contributed by atoms with Gasteiger partial charge < -0.3 is 10.1 Å². The van der Waals surface area contributed by atoms with E-state index in [4.69, 9.17) is 11.6 Å². The van der Waals surface area contributed by atoms with E-state index in [1.807, 2.05) is 24.3 Å². The summed E-state index contributed by atoms with van der Waals surface area (Å²) in [7, 11) is 0. The molecule has 0 radical (unpaired) electrons. The molecule has 0 amide bonds. The minimum atomic E-state index is -0.0592. The van der Waals surface area contributed by atoms with Gasteiger partial charge in [-0.05, 0) is 43.0 Å². The molecule has 1 saturated carbocycles. The van der Waals surface area contributed by atoms with Crippen LogP contribution in [0.3, 0.4) is 0 Å². The number of hydrogen-bond acceptors (Lipinski definition) is 2. The van der Waals surface area contributed by atoms with Crippen molar-refractivity contribution < 1.29 is 4.79 Å². The summed E-state index contributed by atoms with van der Waals surface area (Å²) in [6, 6.07) is 7.49. The Morgan fingerprint density at radius 3 is 2.62 bits per heavy atom. The van der Waals surface area contributed by atoms with Crippen molar-refractivity contribution in [3.8, 4) is 0 Å². The smallest absolute Gasteiger partial charge is 0.128 e. The van der Waals surface area contributed by atoms with Gasteiger partial charge in [0.15, 0.2) is 0 Å². The molecule has 1 unspecified atom stereocenters. The molecule has 1 fully saturated rings. The maximum absolute atomic E-state index is 11.0. The first-order valence-corrected chi connectivity index (χ1v) is 6.09. The highest BCUT2D eigenvalue weighted by Gasteiger charge is 2.21. The van der Waals surface area contributed by atoms with Crippen molar-refractivity contribution in [2.75, 3.05) is 13.1 Å². The Balaban J connectivity index is 1.87. The van der Waals surface area contributed by atoms with E-state index in [2.05, 4.69) is 5.32 Å². The predicted octanol–water partition coefficient (Wildman–Crippen LogP) is 2.62. The average molecular weight is 238 g/mol. The second-order valence-electron chi connectivity index (χ2n) is 4.40. The molecule has 2 nitrogen and oxygen atoms in total. The van der Waals surface area contributed by atoms with Crippen LogP contribution in [0.5, 0.6) is 0 Å². The summed E-state index contributed by atoms with van der Waals surface area (Å²) in [6.45, 7) is 1.76. The summed E-state index contributed by atoms with van der Waals surface area (Å²) in [5, 5.41) is 4.05. The molecule has 1 aromatic rings. The third kappa shape index (κ3) is 3.32. The van der Waals surface area contributed by atoms with Crippen molar-refractivity contribution in [1.29, 1.82) is 0 Å². The van der Waals surface area contributed by atoms with Crippen LogP contribution in [0, 0.1) is 5.92 Å². The van der Waals surface area contributed by atoms with Crippen LogP contribution >= 0.6 is 11.6 Å². The summed E-state index contributed by atoms with van der Waals surface area (Å²) in [5.41, 5.74) is 1.03. The van der Waals surface area contributed by atoms with Crippen molar-refractivity contribution in [1.82, 2.24) is 5.32 Å². The molecule has 1 aliphatic carbocycles. The van der Waals surface area contributed by atoms with E-state index in [-0.39, 0.29) is 5.92 Å². The number of carbonyl (C=O) groups is 1. The normalized spacial score (nSPS) is 17.1. The van der Waals surface area contributed by atoms with Gasteiger partial charge in [-0.2, -0.15) is 0 Å². The zero-order chi connectivity index (χ0) is 11.4. The molecule has 0 bridgehead atoms. The fourth-order valence-corrected chi connectivity index (χ4v) is 1.85. The van der Waals surface area contributed by atoms with Gasteiger partial charge in [-0.25, -0.2) is 0 Å². The maximum Gasteiger partial charge on any atom is 0.128 e. The van der Waals surface area contributed by atoms with Gasteiger partial charge in [-0.15, -0.1) is 0 Å². The molecule has 0 saturated heterocycles. The third-order valence-electron chi connectivity index (χ3n) is 2.96. The number of hydrogen-bond donors (Lipinski definition) is 1. The lowest BCUT2D eigenvalue weighted by molar-refractivity contribution is -0.109. The van der Waals surface area contributed by atoms with Crippen LogP contribution in [0.15, 0.2) is 24.3 Å². The van der Waals surface area contributed by atoms with Crippen molar-refractivity contribution in [2.24, 2.45) is 5.92 Å². The van der Waals surface area contributed by atoms with Gasteiger partial charge in [0.25, 0.3) is 0 Å². The van der Waals surface area contributed by atoms with Crippen LogP contribution in [0.1, 0.15) is 24.3 Å². The van der Waals surface area contributed by atoms with E-state index in [9.17, 15) is 4.79 Å². The molecule has 0 heterocycles. The number of aldehydes is 1. The quantitative estimate of drug-likeness (QED) is 0.771. The SMILES string of the molecule is O=CC(CNCC1CC1)c1ccc(Cl)cc1. The van der Waals surface area contributed by atoms with Gasteiger partial charge in [0.05, 0.1) is 5.92 Å². The Kier molecular flexibility index (Phi) is 3.97. The number of rotatable bonds is 6. The third-order valence-corrected chi connectivity index (χ3v) is 3.21. The molecule has 1 aromatic carbocycles. The molecule has 16 heavy (non-hydrogen) atoms. The first kappa shape index (κ1) is 11.6. The van der Waals surface area contributed by atoms with Gasteiger partial charge >= 0.3 is 0 Å². The highest BCUT2D eigenvalue weighted by molar-refractivity contribution is 6.30. The van der Waals surface area contributed by atoms with E-state index in [0.29, 0.717) is 5.02 Å². The van der Waals surface area contributed by atoms with Crippen molar-refractivity contribution in [3.63, 3.8) is 0 Å². The van der Waals surface area contributed by atoms with Crippen molar-refractivity contribution in [2.45, 2.75) is 18.8 Å². The Hall–Kier alpha value is -0.860. The van der Waals surface area contributed by atoms with Gasteiger partial charge in [0, 0.05) is 11.6 Å². The highest BCUT2D eigenvalue weighted by atomic mass is 35.5. The zero-order valence-corrected chi connectivity index (χ0v) is 9.91. The van der Waals surface area contributed by atoms with E-state index >= 15 is 0 Å². The van der Waals surface area contributed by atoms with Crippen LogP contribution in [-0.2, 0) is 4.79 Å². The lowest BCUT2D eigenvalue weighted by atomic mass is 10.0. The minimum Gasteiger partial charge on any atom is -0.315 e. The molecule has 0 spiro atoms. The van der Waals surface area contributed by atoms with E-state index < -0.39 is 0 Å². The topological polar surface area (TPSA) is 29.1 Å². The Labute approximate surface area is 101 Å². The van der Waals surface area contributed by atoms with Crippen molar-refractivity contribution >= 4 is 17.9 Å². The molecule has 1 N–H and O–H groups in total. The summed E-state index contributed by atoms with van der Waals surface area (Å²) in [6.07, 6.45) is 3.67. The molecule has 0 aromatic heterocycles. The monoisotopic (exact) mass is 237 g/mol. The van der Waals surface area contributed by atoms with E-state index in [1.165, 1.54) is 12.8 Å². The fraction of sp³-hybridized carbons (Fsp3) is 0.462. The van der Waals surface area contributed by atoms with Crippen LogP contribution in [0.25, 0.3) is 0 Å². The molecular formula is C13H16ClNO.